The summed E-state index contributed by atoms with van der Waals surface area (Å²) >= 11 is 0. The van der Waals surface area contributed by atoms with Crippen LogP contribution in [-0.2, 0) is 6.42 Å². The van der Waals surface area contributed by atoms with Gasteiger partial charge in [-0.25, -0.2) is 0 Å². The second-order valence-electron chi connectivity index (χ2n) is 3.90. The Kier molecular flexibility index (Phi) is 4.99. The van der Waals surface area contributed by atoms with Crippen molar-refractivity contribution in [3.63, 3.8) is 0 Å². The third-order valence-corrected chi connectivity index (χ3v) is 2.77. The maximum Gasteiger partial charge on any atom is -0.00173 e. The van der Waals surface area contributed by atoms with E-state index in [1.807, 2.05) is 0 Å². The fraction of sp³-hybridized carbons (Fsp3) is 0.500. The Balaban J connectivity index is 0.000000980. The first-order valence-electron chi connectivity index (χ1n) is 5.20. The van der Waals surface area contributed by atoms with Gasteiger partial charge in [0.1, 0.15) is 0 Å². The molecule has 2 rings (SSSR count). The number of hydrogen-bond acceptors (Lipinski definition) is 1. The van der Waals surface area contributed by atoms with E-state index in [1.165, 1.54) is 37.9 Å². The predicted molar refractivity (Wildman–Crippen MR) is 63.0 cm³/mol. The molecule has 1 fully saturated rings. The van der Waals surface area contributed by atoms with E-state index < -0.39 is 0 Å². The standard InChI is InChI=1S/C12H17N.ClH/c1-2-5-11(6-3-1)9-12-7-4-8-13-10-12;/h1-3,5-6,12-13H,4,7-10H2;1H. The van der Waals surface area contributed by atoms with E-state index in [-0.39, 0.29) is 12.4 Å². The van der Waals surface area contributed by atoms with E-state index in [4.69, 9.17) is 0 Å². The average Bonchev–Trinajstić information content (AvgIpc) is 2.21. The number of rotatable bonds is 2. The Hall–Kier alpha value is -0.530. The minimum Gasteiger partial charge on any atom is -0.316 e. The van der Waals surface area contributed by atoms with Crippen LogP contribution in [0.25, 0.3) is 0 Å². The minimum atomic E-state index is 0. The van der Waals surface area contributed by atoms with E-state index in [1.54, 1.807) is 0 Å². The quantitative estimate of drug-likeness (QED) is 0.793. The highest BCUT2D eigenvalue weighted by molar-refractivity contribution is 5.85. The fourth-order valence-electron chi connectivity index (χ4n) is 2.05. The second-order valence-corrected chi connectivity index (χ2v) is 3.90. The summed E-state index contributed by atoms with van der Waals surface area (Å²) < 4.78 is 0. The van der Waals surface area contributed by atoms with Gasteiger partial charge in [-0.1, -0.05) is 30.3 Å². The van der Waals surface area contributed by atoms with Crippen LogP contribution in [0.4, 0.5) is 0 Å². The molecule has 0 saturated carbocycles. The summed E-state index contributed by atoms with van der Waals surface area (Å²) in [6.07, 6.45) is 3.98. The monoisotopic (exact) mass is 211 g/mol. The van der Waals surface area contributed by atoms with Crippen molar-refractivity contribution in [1.29, 1.82) is 0 Å². The molecular weight excluding hydrogens is 194 g/mol. The number of halogens is 1. The van der Waals surface area contributed by atoms with Crippen LogP contribution in [0.15, 0.2) is 30.3 Å². The lowest BCUT2D eigenvalue weighted by Gasteiger charge is -2.22. The Morgan fingerprint density at radius 2 is 2.00 bits per heavy atom. The molecule has 1 heterocycles. The van der Waals surface area contributed by atoms with Crippen LogP contribution in [0.1, 0.15) is 18.4 Å². The molecule has 0 aromatic heterocycles. The summed E-state index contributed by atoms with van der Waals surface area (Å²) in [4.78, 5) is 0. The van der Waals surface area contributed by atoms with Crippen LogP contribution in [0.2, 0.25) is 0 Å². The predicted octanol–water partition coefficient (Wildman–Crippen LogP) is 2.65. The lowest BCUT2D eigenvalue weighted by Crippen LogP contribution is -2.30. The molecule has 0 aliphatic carbocycles. The van der Waals surface area contributed by atoms with Gasteiger partial charge >= 0.3 is 0 Å². The first-order chi connectivity index (χ1) is 6.45. The van der Waals surface area contributed by atoms with Crippen molar-refractivity contribution in [1.82, 2.24) is 5.32 Å². The van der Waals surface area contributed by atoms with Crippen molar-refractivity contribution in [2.45, 2.75) is 19.3 Å². The van der Waals surface area contributed by atoms with E-state index in [9.17, 15) is 0 Å². The molecule has 0 radical (unpaired) electrons. The van der Waals surface area contributed by atoms with E-state index in [0.717, 1.165) is 5.92 Å². The Morgan fingerprint density at radius 3 is 2.64 bits per heavy atom. The normalized spacial score (nSPS) is 21.3. The number of nitrogens with one attached hydrogen (secondary N) is 1. The summed E-state index contributed by atoms with van der Waals surface area (Å²) in [5.74, 6) is 0.858. The van der Waals surface area contributed by atoms with Gasteiger partial charge < -0.3 is 5.32 Å². The van der Waals surface area contributed by atoms with Gasteiger partial charge in [-0.2, -0.15) is 0 Å². The van der Waals surface area contributed by atoms with Crippen LogP contribution in [0, 0.1) is 5.92 Å². The largest absolute Gasteiger partial charge is 0.316 e. The maximum atomic E-state index is 3.46. The van der Waals surface area contributed by atoms with Gasteiger partial charge in [-0.15, -0.1) is 12.4 Å². The van der Waals surface area contributed by atoms with Gasteiger partial charge in [-0.3, -0.25) is 0 Å². The highest BCUT2D eigenvalue weighted by Gasteiger charge is 2.12. The highest BCUT2D eigenvalue weighted by Crippen LogP contribution is 2.15. The SMILES string of the molecule is Cl.c1ccc(CC2CCCNC2)cc1. The van der Waals surface area contributed by atoms with Gasteiger partial charge in [0.25, 0.3) is 0 Å². The number of hydrogen-bond donors (Lipinski definition) is 1. The lowest BCUT2D eigenvalue weighted by molar-refractivity contribution is 0.376. The van der Waals surface area contributed by atoms with Crippen LogP contribution < -0.4 is 5.32 Å². The topological polar surface area (TPSA) is 12.0 Å². The molecule has 0 spiro atoms. The molecule has 1 nitrogen and oxygen atoms in total. The summed E-state index contributed by atoms with van der Waals surface area (Å²) in [6, 6.07) is 10.8. The molecule has 0 bridgehead atoms. The molecule has 1 aliphatic rings. The maximum absolute atomic E-state index is 3.46. The van der Waals surface area contributed by atoms with Crippen molar-refractivity contribution < 1.29 is 0 Å². The van der Waals surface area contributed by atoms with Gasteiger partial charge in [0, 0.05) is 0 Å². The van der Waals surface area contributed by atoms with Crippen molar-refractivity contribution >= 4 is 12.4 Å². The first-order valence-corrected chi connectivity index (χ1v) is 5.20. The number of benzene rings is 1. The van der Waals surface area contributed by atoms with Gasteiger partial charge in [0.15, 0.2) is 0 Å². The molecule has 1 aromatic carbocycles. The zero-order valence-electron chi connectivity index (χ0n) is 8.41. The molecule has 78 valence electrons. The zero-order valence-corrected chi connectivity index (χ0v) is 9.22. The molecule has 1 aliphatic heterocycles. The molecule has 1 saturated heterocycles. The molecule has 14 heavy (non-hydrogen) atoms. The van der Waals surface area contributed by atoms with Crippen LogP contribution in [-0.4, -0.2) is 13.1 Å². The second kappa shape index (κ2) is 6.05. The third kappa shape index (κ3) is 3.32. The Labute approximate surface area is 92.3 Å². The molecule has 1 unspecified atom stereocenters. The number of piperidine rings is 1. The smallest absolute Gasteiger partial charge is 0.00173 e. The van der Waals surface area contributed by atoms with Crippen LogP contribution in [0.3, 0.4) is 0 Å². The van der Waals surface area contributed by atoms with Crippen LogP contribution >= 0.6 is 12.4 Å². The third-order valence-electron chi connectivity index (χ3n) is 2.77. The summed E-state index contributed by atoms with van der Waals surface area (Å²) in [7, 11) is 0. The first kappa shape index (κ1) is 11.5. The molecule has 1 N–H and O–H groups in total. The molecule has 1 atom stereocenters. The van der Waals surface area contributed by atoms with E-state index in [2.05, 4.69) is 35.6 Å². The lowest BCUT2D eigenvalue weighted by atomic mass is 9.92. The van der Waals surface area contributed by atoms with Crippen molar-refractivity contribution in [3.05, 3.63) is 35.9 Å². The summed E-state index contributed by atoms with van der Waals surface area (Å²) in [5.41, 5.74) is 1.48. The van der Waals surface area contributed by atoms with Crippen molar-refractivity contribution in [2.75, 3.05) is 13.1 Å². The van der Waals surface area contributed by atoms with Crippen LogP contribution in [0.5, 0.6) is 0 Å². The van der Waals surface area contributed by atoms with E-state index in [0.29, 0.717) is 0 Å². The average molecular weight is 212 g/mol. The van der Waals surface area contributed by atoms with Gasteiger partial charge in [-0.05, 0) is 43.8 Å². The molecule has 2 heteroatoms. The molecule has 1 aromatic rings. The Morgan fingerprint density at radius 1 is 1.21 bits per heavy atom. The molecule has 0 amide bonds. The van der Waals surface area contributed by atoms with E-state index >= 15 is 0 Å². The van der Waals surface area contributed by atoms with Gasteiger partial charge in [0.2, 0.25) is 0 Å². The molecular formula is C12H18ClN. The highest BCUT2D eigenvalue weighted by atomic mass is 35.5. The van der Waals surface area contributed by atoms with Gasteiger partial charge in [0.05, 0.1) is 0 Å². The fourth-order valence-corrected chi connectivity index (χ4v) is 2.05. The zero-order chi connectivity index (χ0) is 8.93. The van der Waals surface area contributed by atoms with Crippen molar-refractivity contribution in [3.8, 4) is 0 Å². The summed E-state index contributed by atoms with van der Waals surface area (Å²) in [5, 5.41) is 3.46. The van der Waals surface area contributed by atoms with Crippen molar-refractivity contribution in [2.24, 2.45) is 5.92 Å². The summed E-state index contributed by atoms with van der Waals surface area (Å²) in [6.45, 7) is 2.42. The minimum absolute atomic E-state index is 0. The Bertz CT molecular complexity index is 242.